The zero-order chi connectivity index (χ0) is 14.9. The van der Waals surface area contributed by atoms with Gasteiger partial charge in [-0.05, 0) is 41.4 Å². The molecule has 6 heteroatoms. The van der Waals surface area contributed by atoms with E-state index in [1.165, 1.54) is 11.3 Å². The zero-order valence-corrected chi connectivity index (χ0v) is 12.3. The van der Waals surface area contributed by atoms with Crippen molar-refractivity contribution >= 4 is 28.2 Å². The van der Waals surface area contributed by atoms with Crippen LogP contribution in [0.1, 0.15) is 12.5 Å². The maximum absolute atomic E-state index is 12.0. The molecule has 0 aliphatic rings. The molecule has 0 aliphatic carbocycles. The molecule has 0 aliphatic heterocycles. The number of rotatable bonds is 4. The number of nitrogens with zero attached hydrogens (tertiary/aromatic N) is 1. The molecule has 0 radical (unpaired) electrons. The first-order chi connectivity index (χ1) is 10.1. The van der Waals surface area contributed by atoms with Gasteiger partial charge in [0.2, 0.25) is 5.95 Å². The van der Waals surface area contributed by atoms with Gasteiger partial charge in [-0.25, -0.2) is 4.98 Å². The summed E-state index contributed by atoms with van der Waals surface area (Å²) < 4.78 is 0. The minimum absolute atomic E-state index is 0.196. The molecule has 3 rings (SSSR count). The molecule has 1 atom stereocenters. The number of anilines is 1. The Morgan fingerprint density at radius 1 is 1.38 bits per heavy atom. The van der Waals surface area contributed by atoms with Crippen molar-refractivity contribution in [2.24, 2.45) is 0 Å². The van der Waals surface area contributed by atoms with E-state index in [1.807, 2.05) is 22.9 Å². The van der Waals surface area contributed by atoms with Gasteiger partial charge in [0.15, 0.2) is 0 Å². The average molecular weight is 301 g/mol. The van der Waals surface area contributed by atoms with Gasteiger partial charge in [0.25, 0.3) is 5.56 Å². The molecule has 0 spiro atoms. The molecule has 3 aromatic rings. The molecule has 5 nitrogen and oxygen atoms in total. The molecule has 0 saturated heterocycles. The Morgan fingerprint density at radius 3 is 2.95 bits per heavy atom. The number of H-pyrrole nitrogens is 1. The molecule has 2 heterocycles. The van der Waals surface area contributed by atoms with Gasteiger partial charge in [-0.15, -0.1) is 0 Å². The third-order valence-corrected chi connectivity index (χ3v) is 4.04. The number of aromatic nitrogens is 2. The number of benzene rings is 1. The van der Waals surface area contributed by atoms with Crippen molar-refractivity contribution < 1.29 is 5.11 Å². The number of thiophene rings is 1. The topological polar surface area (TPSA) is 78.0 Å². The van der Waals surface area contributed by atoms with Gasteiger partial charge >= 0.3 is 0 Å². The van der Waals surface area contributed by atoms with Crippen LogP contribution in [0.3, 0.4) is 0 Å². The summed E-state index contributed by atoms with van der Waals surface area (Å²) in [7, 11) is 0. The van der Waals surface area contributed by atoms with Crippen molar-refractivity contribution in [2.75, 3.05) is 11.9 Å². The van der Waals surface area contributed by atoms with E-state index >= 15 is 0 Å². The van der Waals surface area contributed by atoms with Crippen molar-refractivity contribution in [3.8, 4) is 0 Å². The lowest BCUT2D eigenvalue weighted by molar-refractivity contribution is 0.0718. The van der Waals surface area contributed by atoms with Crippen LogP contribution in [0.25, 0.3) is 10.9 Å². The van der Waals surface area contributed by atoms with E-state index in [2.05, 4.69) is 15.3 Å². The van der Waals surface area contributed by atoms with Gasteiger partial charge in [-0.1, -0.05) is 12.1 Å². The predicted octanol–water partition coefficient (Wildman–Crippen LogP) is 2.30. The standard InChI is InChI=1S/C15H15N3O2S/c1-15(20,10-6-7-21-8-10)9-16-14-17-12-5-3-2-4-11(12)13(19)18-14/h2-8,20H,9H2,1H3,(H2,16,17,18,19)/t15-/m0/s1. The van der Waals surface area contributed by atoms with E-state index in [-0.39, 0.29) is 12.1 Å². The molecular formula is C15H15N3O2S. The molecule has 21 heavy (non-hydrogen) atoms. The lowest BCUT2D eigenvalue weighted by Crippen LogP contribution is -2.31. The Labute approximate surface area is 125 Å². The molecule has 108 valence electrons. The summed E-state index contributed by atoms with van der Waals surface area (Å²) >= 11 is 1.53. The third kappa shape index (κ3) is 2.81. The second kappa shape index (κ2) is 5.31. The Hall–Kier alpha value is -2.18. The van der Waals surface area contributed by atoms with Crippen molar-refractivity contribution in [3.05, 3.63) is 57.0 Å². The van der Waals surface area contributed by atoms with Crippen molar-refractivity contribution in [1.29, 1.82) is 0 Å². The van der Waals surface area contributed by atoms with Gasteiger partial charge in [0, 0.05) is 0 Å². The van der Waals surface area contributed by atoms with Gasteiger partial charge in [0.1, 0.15) is 5.60 Å². The van der Waals surface area contributed by atoms with E-state index in [0.717, 1.165) is 5.56 Å². The summed E-state index contributed by atoms with van der Waals surface area (Å²) in [6.07, 6.45) is 0. The average Bonchev–Trinajstić information content (AvgIpc) is 3.00. The first-order valence-electron chi connectivity index (χ1n) is 6.54. The van der Waals surface area contributed by atoms with E-state index in [4.69, 9.17) is 0 Å². The quantitative estimate of drug-likeness (QED) is 0.691. The van der Waals surface area contributed by atoms with Crippen LogP contribution in [-0.4, -0.2) is 21.6 Å². The highest BCUT2D eigenvalue weighted by molar-refractivity contribution is 7.08. The molecule has 2 aromatic heterocycles. The summed E-state index contributed by atoms with van der Waals surface area (Å²) in [5.74, 6) is 0.356. The Bertz CT molecular complexity index is 809. The van der Waals surface area contributed by atoms with Crippen molar-refractivity contribution in [1.82, 2.24) is 9.97 Å². The maximum atomic E-state index is 12.0. The Balaban J connectivity index is 1.84. The van der Waals surface area contributed by atoms with Crippen LogP contribution in [-0.2, 0) is 5.60 Å². The maximum Gasteiger partial charge on any atom is 0.260 e. The molecule has 0 saturated carbocycles. The van der Waals surface area contributed by atoms with Crippen molar-refractivity contribution in [3.63, 3.8) is 0 Å². The molecular weight excluding hydrogens is 286 g/mol. The molecule has 1 aromatic carbocycles. The van der Waals surface area contributed by atoms with Gasteiger partial charge in [-0.3, -0.25) is 9.78 Å². The van der Waals surface area contributed by atoms with Gasteiger partial charge in [-0.2, -0.15) is 11.3 Å². The summed E-state index contributed by atoms with van der Waals surface area (Å²) in [6, 6.07) is 9.02. The fourth-order valence-electron chi connectivity index (χ4n) is 2.10. The number of aromatic amines is 1. The van der Waals surface area contributed by atoms with Crippen molar-refractivity contribution in [2.45, 2.75) is 12.5 Å². The lowest BCUT2D eigenvalue weighted by Gasteiger charge is -2.22. The number of hydrogen-bond acceptors (Lipinski definition) is 5. The van der Waals surface area contributed by atoms with Crippen LogP contribution >= 0.6 is 11.3 Å². The third-order valence-electron chi connectivity index (χ3n) is 3.36. The molecule has 3 N–H and O–H groups in total. The number of para-hydroxylation sites is 1. The van der Waals surface area contributed by atoms with Crippen LogP contribution in [0.5, 0.6) is 0 Å². The number of fused-ring (bicyclic) bond motifs is 1. The Morgan fingerprint density at radius 2 is 2.19 bits per heavy atom. The Kier molecular flexibility index (Phi) is 3.48. The highest BCUT2D eigenvalue weighted by Crippen LogP contribution is 2.23. The number of nitrogens with one attached hydrogen (secondary N) is 2. The SMILES string of the molecule is C[C@](O)(CNc1nc2ccccc2c(=O)[nH]1)c1ccsc1. The molecule has 0 amide bonds. The van der Waals surface area contributed by atoms with Crippen LogP contribution < -0.4 is 10.9 Å². The minimum atomic E-state index is -1.02. The second-order valence-corrected chi connectivity index (χ2v) is 5.85. The van der Waals surface area contributed by atoms with Gasteiger partial charge < -0.3 is 10.4 Å². The number of aliphatic hydroxyl groups is 1. The van der Waals surface area contributed by atoms with Crippen LogP contribution in [0.2, 0.25) is 0 Å². The van der Waals surface area contributed by atoms with E-state index in [9.17, 15) is 9.90 Å². The van der Waals surface area contributed by atoms with Crippen LogP contribution in [0.15, 0.2) is 45.9 Å². The minimum Gasteiger partial charge on any atom is -0.384 e. The second-order valence-electron chi connectivity index (χ2n) is 5.07. The monoisotopic (exact) mass is 301 g/mol. The largest absolute Gasteiger partial charge is 0.384 e. The molecule has 0 fully saturated rings. The summed E-state index contributed by atoms with van der Waals surface area (Å²) in [6.45, 7) is 1.98. The van der Waals surface area contributed by atoms with E-state index in [1.54, 1.807) is 25.1 Å². The highest BCUT2D eigenvalue weighted by Gasteiger charge is 2.23. The number of hydrogen-bond donors (Lipinski definition) is 3. The van der Waals surface area contributed by atoms with Crippen LogP contribution in [0.4, 0.5) is 5.95 Å². The van der Waals surface area contributed by atoms with Gasteiger partial charge in [0.05, 0.1) is 17.4 Å². The van der Waals surface area contributed by atoms with Crippen LogP contribution in [0, 0.1) is 0 Å². The predicted molar refractivity (Wildman–Crippen MR) is 84.7 cm³/mol. The fourth-order valence-corrected chi connectivity index (χ4v) is 2.88. The fraction of sp³-hybridized carbons (Fsp3) is 0.200. The first-order valence-corrected chi connectivity index (χ1v) is 7.48. The normalized spacial score (nSPS) is 14.0. The smallest absolute Gasteiger partial charge is 0.260 e. The zero-order valence-electron chi connectivity index (χ0n) is 11.5. The summed E-state index contributed by atoms with van der Waals surface area (Å²) in [4.78, 5) is 19.0. The van der Waals surface area contributed by atoms with E-state index < -0.39 is 5.60 Å². The summed E-state index contributed by atoms with van der Waals surface area (Å²) in [5, 5.41) is 17.8. The first kappa shape index (κ1) is 13.8. The molecule has 0 bridgehead atoms. The molecule has 0 unspecified atom stereocenters. The van der Waals surface area contributed by atoms with E-state index in [0.29, 0.717) is 16.9 Å². The highest BCUT2D eigenvalue weighted by atomic mass is 32.1. The lowest BCUT2D eigenvalue weighted by atomic mass is 9.99. The summed E-state index contributed by atoms with van der Waals surface area (Å²) in [5.41, 5.74) is 0.241.